The van der Waals surface area contributed by atoms with Crippen LogP contribution in [0.3, 0.4) is 0 Å². The molecule has 0 spiro atoms. The van der Waals surface area contributed by atoms with E-state index in [9.17, 15) is 13.2 Å². The fourth-order valence-corrected chi connectivity index (χ4v) is 3.10. The van der Waals surface area contributed by atoms with E-state index < -0.39 is 15.9 Å². The van der Waals surface area contributed by atoms with Crippen molar-refractivity contribution >= 4 is 15.9 Å². The minimum absolute atomic E-state index is 0.0343. The SMILES string of the molecule is CC(C)c1cccc(CC(=O)NS(=O)(=O)c2ccccc2)c1. The van der Waals surface area contributed by atoms with Gasteiger partial charge in [-0.25, -0.2) is 13.1 Å². The highest BCUT2D eigenvalue weighted by Gasteiger charge is 2.17. The number of amides is 1. The molecule has 0 bridgehead atoms. The molecule has 1 amide bonds. The van der Waals surface area contributed by atoms with Gasteiger partial charge in [0.05, 0.1) is 11.3 Å². The highest BCUT2D eigenvalue weighted by molar-refractivity contribution is 7.90. The van der Waals surface area contributed by atoms with Gasteiger partial charge >= 0.3 is 0 Å². The second-order valence-electron chi connectivity index (χ2n) is 5.42. The number of rotatable bonds is 5. The Hall–Kier alpha value is -2.14. The monoisotopic (exact) mass is 317 g/mol. The third-order valence-electron chi connectivity index (χ3n) is 3.28. The average molecular weight is 317 g/mol. The lowest BCUT2D eigenvalue weighted by molar-refractivity contribution is -0.118. The van der Waals surface area contributed by atoms with Crippen molar-refractivity contribution in [3.05, 3.63) is 65.7 Å². The van der Waals surface area contributed by atoms with Crippen LogP contribution in [0.15, 0.2) is 59.5 Å². The van der Waals surface area contributed by atoms with Gasteiger partial charge in [0.15, 0.2) is 0 Å². The van der Waals surface area contributed by atoms with Gasteiger partial charge in [-0.15, -0.1) is 0 Å². The van der Waals surface area contributed by atoms with Crippen LogP contribution < -0.4 is 4.72 Å². The Kier molecular flexibility index (Phi) is 4.98. The quantitative estimate of drug-likeness (QED) is 0.922. The van der Waals surface area contributed by atoms with Crippen molar-refractivity contribution in [1.29, 1.82) is 0 Å². The second kappa shape index (κ2) is 6.75. The first-order valence-electron chi connectivity index (χ1n) is 7.08. The van der Waals surface area contributed by atoms with Crippen molar-refractivity contribution in [3.63, 3.8) is 0 Å². The first kappa shape index (κ1) is 16.2. The molecule has 2 aromatic rings. The van der Waals surface area contributed by atoms with Gasteiger partial charge in [-0.2, -0.15) is 0 Å². The molecule has 2 rings (SSSR count). The number of carbonyl (C=O) groups excluding carboxylic acids is 1. The Morgan fingerprint density at radius 2 is 1.73 bits per heavy atom. The van der Waals surface area contributed by atoms with Gasteiger partial charge < -0.3 is 0 Å². The summed E-state index contributed by atoms with van der Waals surface area (Å²) in [5.74, 6) is -0.180. The lowest BCUT2D eigenvalue weighted by Gasteiger charge is -2.09. The van der Waals surface area contributed by atoms with Gasteiger partial charge in [-0.05, 0) is 29.2 Å². The second-order valence-corrected chi connectivity index (χ2v) is 7.10. The van der Waals surface area contributed by atoms with Crippen LogP contribution in [-0.2, 0) is 21.2 Å². The standard InChI is InChI=1S/C17H19NO3S/c1-13(2)15-8-6-7-14(11-15)12-17(19)18-22(20,21)16-9-4-3-5-10-16/h3-11,13H,12H2,1-2H3,(H,18,19). The number of carbonyl (C=O) groups is 1. The number of hydrogen-bond donors (Lipinski definition) is 1. The highest BCUT2D eigenvalue weighted by atomic mass is 32.2. The molecule has 0 aliphatic carbocycles. The number of sulfonamides is 1. The van der Waals surface area contributed by atoms with E-state index >= 15 is 0 Å². The van der Waals surface area contributed by atoms with Gasteiger partial charge in [0.1, 0.15) is 0 Å². The maximum absolute atomic E-state index is 12.1. The zero-order valence-corrected chi connectivity index (χ0v) is 13.4. The Morgan fingerprint density at radius 1 is 1.05 bits per heavy atom. The molecule has 1 N–H and O–H groups in total. The predicted molar refractivity (Wildman–Crippen MR) is 86.0 cm³/mol. The van der Waals surface area contributed by atoms with Crippen LogP contribution in [0.5, 0.6) is 0 Å². The van der Waals surface area contributed by atoms with E-state index in [2.05, 4.69) is 18.6 Å². The lowest BCUT2D eigenvalue weighted by atomic mass is 10.00. The molecule has 2 aromatic carbocycles. The van der Waals surface area contributed by atoms with E-state index in [1.54, 1.807) is 18.2 Å². The molecule has 22 heavy (non-hydrogen) atoms. The Balaban J connectivity index is 2.09. The smallest absolute Gasteiger partial charge is 0.264 e. The number of nitrogens with one attached hydrogen (secondary N) is 1. The van der Waals surface area contributed by atoms with Gasteiger partial charge in [-0.1, -0.05) is 56.3 Å². The molecule has 0 saturated carbocycles. The molecular formula is C17H19NO3S. The molecule has 0 fully saturated rings. The van der Waals surface area contributed by atoms with Crippen molar-refractivity contribution in [2.75, 3.05) is 0 Å². The Bertz CT molecular complexity index is 752. The van der Waals surface area contributed by atoms with Crippen LogP contribution in [0.25, 0.3) is 0 Å². The first-order chi connectivity index (χ1) is 10.4. The molecule has 0 unspecified atom stereocenters. The van der Waals surface area contributed by atoms with Crippen LogP contribution in [0, 0.1) is 0 Å². The third kappa shape index (κ3) is 4.18. The first-order valence-corrected chi connectivity index (χ1v) is 8.56. The summed E-state index contributed by atoms with van der Waals surface area (Å²) in [5.41, 5.74) is 1.92. The molecule has 0 radical (unpaired) electrons. The summed E-state index contributed by atoms with van der Waals surface area (Å²) in [4.78, 5) is 12.1. The number of benzene rings is 2. The summed E-state index contributed by atoms with van der Waals surface area (Å²) in [5, 5.41) is 0. The minimum atomic E-state index is -3.81. The summed E-state index contributed by atoms with van der Waals surface area (Å²) in [7, 11) is -3.81. The minimum Gasteiger partial charge on any atom is -0.274 e. The largest absolute Gasteiger partial charge is 0.274 e. The fourth-order valence-electron chi connectivity index (χ4n) is 2.09. The zero-order chi connectivity index (χ0) is 16.2. The summed E-state index contributed by atoms with van der Waals surface area (Å²) < 4.78 is 26.3. The maximum atomic E-state index is 12.1. The molecule has 0 atom stereocenters. The molecule has 4 nitrogen and oxygen atoms in total. The van der Waals surface area contributed by atoms with E-state index in [0.717, 1.165) is 11.1 Å². The van der Waals surface area contributed by atoms with Gasteiger partial charge in [-0.3, -0.25) is 4.79 Å². The molecule has 0 heterocycles. The highest BCUT2D eigenvalue weighted by Crippen LogP contribution is 2.16. The topological polar surface area (TPSA) is 63.2 Å². The van der Waals surface area contributed by atoms with Gasteiger partial charge in [0, 0.05) is 0 Å². The van der Waals surface area contributed by atoms with E-state index in [1.165, 1.54) is 12.1 Å². The van der Waals surface area contributed by atoms with Crippen LogP contribution in [0.4, 0.5) is 0 Å². The van der Waals surface area contributed by atoms with Crippen molar-refractivity contribution in [1.82, 2.24) is 4.72 Å². The summed E-state index contributed by atoms with van der Waals surface area (Å²) in [6, 6.07) is 15.5. The molecule has 0 saturated heterocycles. The molecule has 0 aromatic heterocycles. The fraction of sp³-hybridized carbons (Fsp3) is 0.235. The van der Waals surface area contributed by atoms with E-state index in [-0.39, 0.29) is 11.3 Å². The average Bonchev–Trinajstić information content (AvgIpc) is 2.47. The zero-order valence-electron chi connectivity index (χ0n) is 12.6. The van der Waals surface area contributed by atoms with Crippen LogP contribution in [-0.4, -0.2) is 14.3 Å². The summed E-state index contributed by atoms with van der Waals surface area (Å²) in [6.07, 6.45) is 0.0343. The van der Waals surface area contributed by atoms with E-state index in [4.69, 9.17) is 0 Å². The van der Waals surface area contributed by atoms with Crippen molar-refractivity contribution in [3.8, 4) is 0 Å². The molecular weight excluding hydrogens is 298 g/mol. The normalized spacial score (nSPS) is 11.4. The Labute approximate surface area is 131 Å². The number of hydrogen-bond acceptors (Lipinski definition) is 3. The third-order valence-corrected chi connectivity index (χ3v) is 4.67. The lowest BCUT2D eigenvalue weighted by Crippen LogP contribution is -2.31. The van der Waals surface area contributed by atoms with Crippen molar-refractivity contribution in [2.45, 2.75) is 31.1 Å². The van der Waals surface area contributed by atoms with Gasteiger partial charge in [0.2, 0.25) is 5.91 Å². The molecule has 5 heteroatoms. The molecule has 0 aliphatic heterocycles. The van der Waals surface area contributed by atoms with E-state index in [1.807, 2.05) is 24.3 Å². The van der Waals surface area contributed by atoms with Crippen molar-refractivity contribution in [2.24, 2.45) is 0 Å². The van der Waals surface area contributed by atoms with Crippen LogP contribution in [0.2, 0.25) is 0 Å². The summed E-state index contributed by atoms with van der Waals surface area (Å²) >= 11 is 0. The van der Waals surface area contributed by atoms with Crippen molar-refractivity contribution < 1.29 is 13.2 Å². The van der Waals surface area contributed by atoms with E-state index in [0.29, 0.717) is 5.92 Å². The maximum Gasteiger partial charge on any atom is 0.264 e. The molecule has 116 valence electrons. The molecule has 0 aliphatic rings. The van der Waals surface area contributed by atoms with Crippen LogP contribution in [0.1, 0.15) is 30.9 Å². The van der Waals surface area contributed by atoms with Gasteiger partial charge in [0.25, 0.3) is 10.0 Å². The predicted octanol–water partition coefficient (Wildman–Crippen LogP) is 2.86. The Morgan fingerprint density at radius 3 is 2.36 bits per heavy atom. The summed E-state index contributed by atoms with van der Waals surface area (Å²) in [6.45, 7) is 4.14. The van der Waals surface area contributed by atoms with Crippen LogP contribution >= 0.6 is 0 Å².